The van der Waals surface area contributed by atoms with Crippen molar-refractivity contribution in [1.82, 2.24) is 10.1 Å². The van der Waals surface area contributed by atoms with E-state index < -0.39 is 0 Å². The van der Waals surface area contributed by atoms with Crippen molar-refractivity contribution in [3.8, 4) is 0 Å². The number of nitrogens with zero attached hydrogens (tertiary/aromatic N) is 2. The predicted molar refractivity (Wildman–Crippen MR) is 83.1 cm³/mol. The predicted octanol–water partition coefficient (Wildman–Crippen LogP) is 4.10. The zero-order valence-corrected chi connectivity index (χ0v) is 13.6. The molecule has 1 aromatic heterocycles. The van der Waals surface area contributed by atoms with Gasteiger partial charge in [0.15, 0.2) is 5.82 Å². The molecule has 0 amide bonds. The summed E-state index contributed by atoms with van der Waals surface area (Å²) in [6.45, 7) is 0.730. The summed E-state index contributed by atoms with van der Waals surface area (Å²) in [6.07, 6.45) is 3.86. The number of benzene rings is 1. The summed E-state index contributed by atoms with van der Waals surface area (Å²) in [5, 5.41) is 4.56. The average molecular weight is 337 g/mol. The Labute approximate surface area is 139 Å². The molecule has 122 valence electrons. The summed E-state index contributed by atoms with van der Waals surface area (Å²) in [4.78, 5) is 4.52. The molecule has 2 fully saturated rings. The highest BCUT2D eigenvalue weighted by atomic mass is 35.5. The number of hydrogen-bond acceptors (Lipinski definition) is 4. The second kappa shape index (κ2) is 5.56. The van der Waals surface area contributed by atoms with Crippen LogP contribution in [0.15, 0.2) is 22.7 Å². The molecule has 0 saturated heterocycles. The fraction of sp³-hybridized carbons (Fsp3) is 0.529. The van der Waals surface area contributed by atoms with E-state index in [9.17, 15) is 4.39 Å². The molecule has 2 atom stereocenters. The van der Waals surface area contributed by atoms with Crippen LogP contribution in [-0.2, 0) is 11.2 Å². The molecule has 6 heteroatoms. The van der Waals surface area contributed by atoms with Gasteiger partial charge in [0, 0.05) is 41.4 Å². The molecule has 0 radical (unpaired) electrons. The molecule has 2 aliphatic carbocycles. The first-order valence-corrected chi connectivity index (χ1v) is 8.25. The molecule has 2 aromatic rings. The maximum Gasteiger partial charge on any atom is 0.230 e. The van der Waals surface area contributed by atoms with Crippen molar-refractivity contribution in [2.45, 2.75) is 37.5 Å². The minimum Gasteiger partial charge on any atom is -0.384 e. The highest BCUT2D eigenvalue weighted by Crippen LogP contribution is 2.56. The summed E-state index contributed by atoms with van der Waals surface area (Å²) in [6, 6.07) is 4.78. The molecule has 2 saturated carbocycles. The van der Waals surface area contributed by atoms with Gasteiger partial charge in [0.1, 0.15) is 5.82 Å². The maximum absolute atomic E-state index is 14.0. The molecule has 0 spiro atoms. The topological polar surface area (TPSA) is 48.2 Å². The summed E-state index contributed by atoms with van der Waals surface area (Å²) < 4.78 is 24.7. The van der Waals surface area contributed by atoms with Gasteiger partial charge in [0.2, 0.25) is 5.89 Å². The zero-order chi connectivity index (χ0) is 16.0. The molecule has 0 aliphatic heterocycles. The lowest BCUT2D eigenvalue weighted by atomic mass is 10.0. The van der Waals surface area contributed by atoms with E-state index >= 15 is 0 Å². The van der Waals surface area contributed by atoms with Gasteiger partial charge in [0.05, 0.1) is 6.61 Å². The van der Waals surface area contributed by atoms with Gasteiger partial charge in [-0.1, -0.05) is 22.8 Å². The first-order valence-electron chi connectivity index (χ1n) is 7.87. The SMILES string of the molecule is COCC1(Cc2noc([C@H]3C[C@@H]3c3c(F)cccc3Cl)n2)CC1. The lowest BCUT2D eigenvalue weighted by Gasteiger charge is -2.09. The maximum atomic E-state index is 14.0. The number of methoxy groups -OCH3 is 1. The average Bonchev–Trinajstić information content (AvgIpc) is 3.40. The van der Waals surface area contributed by atoms with Crippen LogP contribution in [0.4, 0.5) is 4.39 Å². The van der Waals surface area contributed by atoms with Gasteiger partial charge in [-0.3, -0.25) is 0 Å². The number of ether oxygens (including phenoxy) is 1. The molecule has 4 nitrogen and oxygen atoms in total. The van der Waals surface area contributed by atoms with Crippen LogP contribution in [0.2, 0.25) is 5.02 Å². The van der Waals surface area contributed by atoms with E-state index in [1.165, 1.54) is 6.07 Å². The number of aromatic nitrogens is 2. The molecule has 0 bridgehead atoms. The van der Waals surface area contributed by atoms with Crippen molar-refractivity contribution in [3.05, 3.63) is 46.3 Å². The minimum atomic E-state index is -0.262. The monoisotopic (exact) mass is 336 g/mol. The quantitative estimate of drug-likeness (QED) is 0.796. The van der Waals surface area contributed by atoms with E-state index in [4.69, 9.17) is 20.9 Å². The molecule has 2 aliphatic rings. The van der Waals surface area contributed by atoms with Crippen LogP contribution >= 0.6 is 11.6 Å². The van der Waals surface area contributed by atoms with Gasteiger partial charge in [0.25, 0.3) is 0 Å². The minimum absolute atomic E-state index is 0.0332. The Morgan fingerprint density at radius 1 is 1.39 bits per heavy atom. The molecular weight excluding hydrogens is 319 g/mol. The van der Waals surface area contributed by atoms with Crippen LogP contribution in [0.3, 0.4) is 0 Å². The second-order valence-electron chi connectivity index (χ2n) is 6.74. The Morgan fingerprint density at radius 3 is 2.91 bits per heavy atom. The molecule has 23 heavy (non-hydrogen) atoms. The van der Waals surface area contributed by atoms with Gasteiger partial charge in [-0.2, -0.15) is 4.98 Å². The molecule has 1 aromatic carbocycles. The zero-order valence-electron chi connectivity index (χ0n) is 12.9. The standard InChI is InChI=1S/C17H18ClFN2O2/c1-22-9-17(5-6-17)8-14-20-16(23-21-14)11-7-10(11)15-12(18)3-2-4-13(15)19/h2-4,10-11H,5-9H2,1H3/t10-,11-/m0/s1. The first kappa shape index (κ1) is 15.1. The van der Waals surface area contributed by atoms with Crippen molar-refractivity contribution in [2.24, 2.45) is 5.41 Å². The van der Waals surface area contributed by atoms with Crippen LogP contribution in [0.1, 0.15) is 48.4 Å². The summed E-state index contributed by atoms with van der Waals surface area (Å²) >= 11 is 6.13. The van der Waals surface area contributed by atoms with E-state index in [1.807, 2.05) is 0 Å². The normalized spacial score (nSPS) is 24.7. The van der Waals surface area contributed by atoms with Crippen LogP contribution in [-0.4, -0.2) is 23.9 Å². The fourth-order valence-corrected chi connectivity index (χ4v) is 3.64. The van der Waals surface area contributed by atoms with E-state index in [1.54, 1.807) is 19.2 Å². The Hall–Kier alpha value is -1.46. The fourth-order valence-electron chi connectivity index (χ4n) is 3.33. The molecule has 0 N–H and O–H groups in total. The van der Waals surface area contributed by atoms with Crippen LogP contribution < -0.4 is 0 Å². The Bertz CT molecular complexity index is 709. The third-order valence-corrected chi connectivity index (χ3v) is 5.23. The number of hydrogen-bond donors (Lipinski definition) is 0. The summed E-state index contributed by atoms with van der Waals surface area (Å²) in [5.41, 5.74) is 0.755. The summed E-state index contributed by atoms with van der Waals surface area (Å²) in [7, 11) is 1.72. The second-order valence-corrected chi connectivity index (χ2v) is 7.15. The Kier molecular flexibility index (Phi) is 3.65. The van der Waals surface area contributed by atoms with Gasteiger partial charge >= 0.3 is 0 Å². The van der Waals surface area contributed by atoms with E-state index in [2.05, 4.69) is 10.1 Å². The highest BCUT2D eigenvalue weighted by molar-refractivity contribution is 6.31. The molecule has 1 heterocycles. The lowest BCUT2D eigenvalue weighted by Crippen LogP contribution is -2.13. The first-order chi connectivity index (χ1) is 11.1. The van der Waals surface area contributed by atoms with Gasteiger partial charge in [-0.15, -0.1) is 0 Å². The highest BCUT2D eigenvalue weighted by Gasteiger charge is 2.47. The number of rotatable bonds is 6. The van der Waals surface area contributed by atoms with Gasteiger partial charge < -0.3 is 9.26 Å². The Morgan fingerprint density at radius 2 is 2.22 bits per heavy atom. The van der Waals surface area contributed by atoms with Gasteiger partial charge in [-0.05, 0) is 31.4 Å². The van der Waals surface area contributed by atoms with Crippen LogP contribution in [0.5, 0.6) is 0 Å². The third kappa shape index (κ3) is 2.88. The summed E-state index contributed by atoms with van der Waals surface area (Å²) in [5.74, 6) is 1.16. The van der Waals surface area contributed by atoms with Crippen molar-refractivity contribution < 1.29 is 13.7 Å². The van der Waals surface area contributed by atoms with E-state index in [-0.39, 0.29) is 23.1 Å². The van der Waals surface area contributed by atoms with Crippen molar-refractivity contribution >= 4 is 11.6 Å². The largest absolute Gasteiger partial charge is 0.384 e. The van der Waals surface area contributed by atoms with E-state index in [0.29, 0.717) is 16.5 Å². The van der Waals surface area contributed by atoms with Gasteiger partial charge in [-0.25, -0.2) is 4.39 Å². The molecular formula is C17H18ClFN2O2. The van der Waals surface area contributed by atoms with Crippen molar-refractivity contribution in [1.29, 1.82) is 0 Å². The van der Waals surface area contributed by atoms with Crippen LogP contribution in [0.25, 0.3) is 0 Å². The van der Waals surface area contributed by atoms with Crippen molar-refractivity contribution in [3.63, 3.8) is 0 Å². The van der Waals surface area contributed by atoms with Crippen LogP contribution in [0, 0.1) is 11.2 Å². The smallest absolute Gasteiger partial charge is 0.230 e. The number of halogens is 2. The Balaban J connectivity index is 1.47. The molecule has 4 rings (SSSR count). The van der Waals surface area contributed by atoms with E-state index in [0.717, 1.165) is 38.1 Å². The molecule has 0 unspecified atom stereocenters. The van der Waals surface area contributed by atoms with Crippen molar-refractivity contribution in [2.75, 3.05) is 13.7 Å². The lowest BCUT2D eigenvalue weighted by molar-refractivity contribution is 0.139. The third-order valence-electron chi connectivity index (χ3n) is 4.90.